The molecule has 2 aromatic rings. The van der Waals surface area contributed by atoms with Crippen molar-refractivity contribution in [3.8, 4) is 11.1 Å². The summed E-state index contributed by atoms with van der Waals surface area (Å²) in [6, 6.07) is 5.27. The minimum Gasteiger partial charge on any atom is -0.478 e. The molecule has 0 aliphatic carbocycles. The van der Waals surface area contributed by atoms with E-state index in [4.69, 9.17) is 10.5 Å². The molecule has 0 bridgehead atoms. The highest BCUT2D eigenvalue weighted by molar-refractivity contribution is 7.89. The Morgan fingerprint density at radius 1 is 1.07 bits per heavy atom. The average Bonchev–Trinajstić information content (AvgIpc) is 2.67. The Morgan fingerprint density at radius 2 is 1.66 bits per heavy atom. The van der Waals surface area contributed by atoms with Gasteiger partial charge in [0.1, 0.15) is 16.9 Å². The summed E-state index contributed by atoms with van der Waals surface area (Å²) in [6.45, 7) is 0.512. The minimum atomic E-state index is -4.14. The molecule has 0 radical (unpaired) electrons. The number of hydrogen-bond acceptors (Lipinski definition) is 7. The van der Waals surface area contributed by atoms with Crippen LogP contribution < -0.4 is 11.3 Å². The number of nitrogens with two attached hydrogens (primary N) is 1. The van der Waals surface area contributed by atoms with Gasteiger partial charge in [0.2, 0.25) is 10.0 Å². The van der Waals surface area contributed by atoms with Gasteiger partial charge in [-0.1, -0.05) is 18.2 Å². The number of hydrogen-bond donors (Lipinski definition) is 4. The van der Waals surface area contributed by atoms with Crippen LogP contribution in [-0.4, -0.2) is 66.2 Å². The lowest BCUT2D eigenvalue weighted by atomic mass is 9.95. The van der Waals surface area contributed by atoms with Crippen LogP contribution in [0.25, 0.3) is 11.1 Å². The minimum absolute atomic E-state index is 0.0752. The van der Waals surface area contributed by atoms with Crippen molar-refractivity contribution in [1.82, 2.24) is 9.29 Å². The Bertz CT molecular complexity index is 1150. The number of aromatic carboxylic acids is 2. The molecule has 12 heteroatoms. The first-order valence-electron chi connectivity index (χ1n) is 8.36. The zero-order chi connectivity index (χ0) is 21.3. The molecule has 11 nitrogen and oxygen atoms in total. The van der Waals surface area contributed by atoms with E-state index < -0.39 is 50.0 Å². The molecule has 1 saturated heterocycles. The summed E-state index contributed by atoms with van der Waals surface area (Å²) in [6.07, 6.45) is 0. The van der Waals surface area contributed by atoms with Crippen molar-refractivity contribution >= 4 is 27.8 Å². The first-order chi connectivity index (χ1) is 13.7. The summed E-state index contributed by atoms with van der Waals surface area (Å²) in [5.74, 6) is -3.92. The Morgan fingerprint density at radius 3 is 2.24 bits per heavy atom. The van der Waals surface area contributed by atoms with Crippen LogP contribution in [-0.2, 0) is 14.8 Å². The maximum atomic E-state index is 13.2. The first kappa shape index (κ1) is 20.5. The number of nitrogen functional groups attached to an aromatic ring is 1. The van der Waals surface area contributed by atoms with Crippen LogP contribution >= 0.6 is 0 Å². The number of rotatable bonds is 5. The van der Waals surface area contributed by atoms with E-state index in [0.717, 1.165) is 4.31 Å². The molecule has 0 spiro atoms. The molecule has 0 atom stereocenters. The van der Waals surface area contributed by atoms with Gasteiger partial charge in [0, 0.05) is 24.2 Å². The van der Waals surface area contributed by atoms with E-state index in [1.165, 1.54) is 24.3 Å². The van der Waals surface area contributed by atoms with Crippen LogP contribution in [0, 0.1) is 0 Å². The van der Waals surface area contributed by atoms with Crippen molar-refractivity contribution in [3.05, 3.63) is 45.7 Å². The standard InChI is InChI=1S/C17H17N3O8S/c18-14-12(16(22)23)11(13(17(24)25)15(21)19-14)9-3-1-2-4-10(9)29(26,27)20-5-7-28-8-6-20/h1-4H,5-8H2,(H,22,23)(H,24,25)(H3,18,19,21). The van der Waals surface area contributed by atoms with Gasteiger partial charge in [0.15, 0.2) is 0 Å². The van der Waals surface area contributed by atoms with Gasteiger partial charge in [0.05, 0.1) is 18.1 Å². The van der Waals surface area contributed by atoms with E-state index in [9.17, 15) is 33.0 Å². The molecular weight excluding hydrogens is 406 g/mol. The fraction of sp³-hybridized carbons (Fsp3) is 0.235. The zero-order valence-electron chi connectivity index (χ0n) is 14.9. The van der Waals surface area contributed by atoms with Crippen molar-refractivity contribution in [1.29, 1.82) is 0 Å². The molecule has 1 aliphatic rings. The predicted molar refractivity (Wildman–Crippen MR) is 100 cm³/mol. The summed E-state index contributed by atoms with van der Waals surface area (Å²) >= 11 is 0. The summed E-state index contributed by atoms with van der Waals surface area (Å²) in [4.78, 5) is 37.4. The van der Waals surface area contributed by atoms with Crippen molar-refractivity contribution in [3.63, 3.8) is 0 Å². The fourth-order valence-electron chi connectivity index (χ4n) is 3.14. The largest absolute Gasteiger partial charge is 0.478 e. The van der Waals surface area contributed by atoms with Crippen LogP contribution in [0.15, 0.2) is 34.0 Å². The Kier molecular flexibility index (Phi) is 5.42. The lowest BCUT2D eigenvalue weighted by molar-refractivity contribution is 0.0695. The van der Waals surface area contributed by atoms with Crippen molar-refractivity contribution in [2.75, 3.05) is 32.0 Å². The number of carbonyl (C=O) groups is 2. The number of aromatic nitrogens is 1. The number of ether oxygens (including phenoxy) is 1. The van der Waals surface area contributed by atoms with E-state index in [1.807, 2.05) is 4.98 Å². The molecule has 3 rings (SSSR count). The second kappa shape index (κ2) is 7.66. The second-order valence-corrected chi connectivity index (χ2v) is 8.02. The molecule has 0 amide bonds. The number of sulfonamides is 1. The molecule has 154 valence electrons. The molecular formula is C17H17N3O8S. The Hall–Kier alpha value is -3.22. The lowest BCUT2D eigenvalue weighted by Gasteiger charge is -2.27. The molecule has 29 heavy (non-hydrogen) atoms. The maximum absolute atomic E-state index is 13.2. The first-order valence-corrected chi connectivity index (χ1v) is 9.80. The molecule has 1 aromatic heterocycles. The summed E-state index contributed by atoms with van der Waals surface area (Å²) in [5.41, 5.74) is 2.05. The highest BCUT2D eigenvalue weighted by Gasteiger charge is 2.33. The van der Waals surface area contributed by atoms with Gasteiger partial charge >= 0.3 is 11.9 Å². The number of nitrogens with zero attached hydrogens (tertiary/aromatic N) is 1. The van der Waals surface area contributed by atoms with Crippen LogP contribution in [0.4, 0.5) is 5.82 Å². The average molecular weight is 423 g/mol. The van der Waals surface area contributed by atoms with Gasteiger partial charge in [-0.15, -0.1) is 0 Å². The monoisotopic (exact) mass is 423 g/mol. The Labute approximate surface area is 164 Å². The third-order valence-corrected chi connectivity index (χ3v) is 6.37. The van der Waals surface area contributed by atoms with E-state index in [-0.39, 0.29) is 36.8 Å². The molecule has 1 fully saturated rings. The topological polar surface area (TPSA) is 180 Å². The van der Waals surface area contributed by atoms with Gasteiger partial charge in [0.25, 0.3) is 5.56 Å². The van der Waals surface area contributed by atoms with Crippen LogP contribution in [0.1, 0.15) is 20.7 Å². The number of carboxylic acid groups (broad SMARTS) is 2. The quantitative estimate of drug-likeness (QED) is 0.516. The Balaban J connectivity index is 2.38. The fourth-order valence-corrected chi connectivity index (χ4v) is 4.75. The molecule has 0 unspecified atom stereocenters. The van der Waals surface area contributed by atoms with Crippen LogP contribution in [0.5, 0.6) is 0 Å². The van der Waals surface area contributed by atoms with Crippen molar-refractivity contribution in [2.45, 2.75) is 4.90 Å². The van der Waals surface area contributed by atoms with E-state index >= 15 is 0 Å². The molecule has 1 aromatic carbocycles. The number of H-pyrrole nitrogens is 1. The highest BCUT2D eigenvalue weighted by Crippen LogP contribution is 2.35. The highest BCUT2D eigenvalue weighted by atomic mass is 32.2. The third-order valence-electron chi connectivity index (χ3n) is 4.42. The number of anilines is 1. The van der Waals surface area contributed by atoms with Gasteiger partial charge in [-0.05, 0) is 6.07 Å². The van der Waals surface area contributed by atoms with E-state index in [0.29, 0.717) is 0 Å². The van der Waals surface area contributed by atoms with Crippen LogP contribution in [0.2, 0.25) is 0 Å². The smallest absolute Gasteiger partial charge is 0.342 e. The number of benzene rings is 1. The van der Waals surface area contributed by atoms with Gasteiger partial charge in [-0.3, -0.25) is 4.79 Å². The maximum Gasteiger partial charge on any atom is 0.342 e. The SMILES string of the molecule is Nc1[nH]c(=O)c(C(=O)O)c(-c2ccccc2S(=O)(=O)N2CCOCC2)c1C(=O)O. The van der Waals surface area contributed by atoms with Crippen molar-refractivity contribution in [2.24, 2.45) is 0 Å². The number of morpholine rings is 1. The summed E-state index contributed by atoms with van der Waals surface area (Å²) in [7, 11) is -4.14. The molecule has 2 heterocycles. The van der Waals surface area contributed by atoms with E-state index in [1.54, 1.807) is 0 Å². The van der Waals surface area contributed by atoms with Crippen molar-refractivity contribution < 1.29 is 33.0 Å². The number of nitrogens with one attached hydrogen (secondary N) is 1. The van der Waals surface area contributed by atoms with Crippen LogP contribution in [0.3, 0.4) is 0 Å². The molecule has 1 aliphatic heterocycles. The van der Waals surface area contributed by atoms with Gasteiger partial charge in [-0.2, -0.15) is 4.31 Å². The number of carboxylic acids is 2. The number of pyridine rings is 1. The number of aromatic amines is 1. The summed E-state index contributed by atoms with van der Waals surface area (Å²) in [5, 5.41) is 19.1. The lowest BCUT2D eigenvalue weighted by Crippen LogP contribution is -2.40. The molecule has 0 saturated carbocycles. The van der Waals surface area contributed by atoms with Gasteiger partial charge < -0.3 is 25.7 Å². The summed E-state index contributed by atoms with van der Waals surface area (Å²) < 4.78 is 32.6. The van der Waals surface area contributed by atoms with Gasteiger partial charge in [-0.25, -0.2) is 18.0 Å². The second-order valence-electron chi connectivity index (χ2n) is 6.12. The predicted octanol–water partition coefficient (Wildman–Crippen LogP) is 0.0414. The third kappa shape index (κ3) is 3.60. The zero-order valence-corrected chi connectivity index (χ0v) is 15.7. The van der Waals surface area contributed by atoms with E-state index in [2.05, 4.69) is 0 Å². The molecule has 5 N–H and O–H groups in total. The normalized spacial score (nSPS) is 15.2.